The highest BCUT2D eigenvalue weighted by Gasteiger charge is 2.03. The summed E-state index contributed by atoms with van der Waals surface area (Å²) in [5, 5.41) is 3.00. The number of ether oxygens (including phenoxy) is 1. The summed E-state index contributed by atoms with van der Waals surface area (Å²) in [6.07, 6.45) is 0. The molecule has 0 bridgehead atoms. The van der Waals surface area contributed by atoms with E-state index in [1.807, 2.05) is 24.3 Å². The molecule has 0 heterocycles. The van der Waals surface area contributed by atoms with Crippen molar-refractivity contribution in [1.29, 1.82) is 0 Å². The first-order valence-electron chi connectivity index (χ1n) is 5.62. The highest BCUT2D eigenvalue weighted by Crippen LogP contribution is 2.22. The molecule has 18 heavy (non-hydrogen) atoms. The van der Waals surface area contributed by atoms with Gasteiger partial charge in [0.15, 0.2) is 0 Å². The average molecular weight is 246 g/mol. The predicted octanol–water partition coefficient (Wildman–Crippen LogP) is 3.04. The second-order valence-electron chi connectivity index (χ2n) is 3.87. The van der Waals surface area contributed by atoms with Gasteiger partial charge in [0.05, 0.1) is 12.8 Å². The van der Waals surface area contributed by atoms with E-state index >= 15 is 0 Å². The number of methoxy groups -OCH3 is 1. The van der Waals surface area contributed by atoms with Crippen LogP contribution in [0.5, 0.6) is 5.75 Å². The van der Waals surface area contributed by atoms with Crippen molar-refractivity contribution in [3.05, 3.63) is 53.8 Å². The molecule has 0 aliphatic rings. The second kappa shape index (κ2) is 5.51. The Bertz CT molecular complexity index is 526. The van der Waals surface area contributed by atoms with E-state index in [4.69, 9.17) is 10.5 Å². The van der Waals surface area contributed by atoms with Crippen LogP contribution in [0.1, 0.15) is 5.56 Å². The third-order valence-corrected chi connectivity index (χ3v) is 2.64. The van der Waals surface area contributed by atoms with Gasteiger partial charge in [-0.2, -0.15) is 0 Å². The Morgan fingerprint density at radius 3 is 2.44 bits per heavy atom. The van der Waals surface area contributed by atoms with E-state index in [9.17, 15) is 4.39 Å². The summed E-state index contributed by atoms with van der Waals surface area (Å²) in [6, 6.07) is 12.2. The van der Waals surface area contributed by atoms with Gasteiger partial charge in [0.25, 0.3) is 0 Å². The maximum atomic E-state index is 13.7. The first kappa shape index (κ1) is 12.4. The van der Waals surface area contributed by atoms with Crippen LogP contribution in [-0.4, -0.2) is 7.11 Å². The number of hydrogen-bond donors (Lipinski definition) is 2. The Morgan fingerprint density at radius 2 is 1.89 bits per heavy atom. The Balaban J connectivity index is 2.17. The first-order valence-corrected chi connectivity index (χ1v) is 5.62. The lowest BCUT2D eigenvalue weighted by Crippen LogP contribution is -1.99. The molecule has 0 aliphatic heterocycles. The van der Waals surface area contributed by atoms with Crippen molar-refractivity contribution in [2.75, 3.05) is 12.4 Å². The summed E-state index contributed by atoms with van der Waals surface area (Å²) in [5.41, 5.74) is 7.45. The van der Waals surface area contributed by atoms with Gasteiger partial charge in [-0.25, -0.2) is 4.39 Å². The molecular formula is C14H15FN2O. The monoisotopic (exact) mass is 246 g/mol. The topological polar surface area (TPSA) is 47.3 Å². The van der Waals surface area contributed by atoms with Gasteiger partial charge in [-0.05, 0) is 42.0 Å². The third kappa shape index (κ3) is 2.78. The van der Waals surface area contributed by atoms with Crippen molar-refractivity contribution in [3.8, 4) is 5.75 Å². The van der Waals surface area contributed by atoms with Crippen LogP contribution in [0.3, 0.4) is 0 Å². The zero-order valence-corrected chi connectivity index (χ0v) is 10.1. The van der Waals surface area contributed by atoms with Gasteiger partial charge in [0.2, 0.25) is 0 Å². The molecule has 2 aromatic carbocycles. The minimum Gasteiger partial charge on any atom is -0.497 e. The molecule has 0 saturated carbocycles. The van der Waals surface area contributed by atoms with Crippen LogP contribution in [0, 0.1) is 5.82 Å². The molecule has 0 unspecified atom stereocenters. The lowest BCUT2D eigenvalue weighted by atomic mass is 10.2. The van der Waals surface area contributed by atoms with Crippen LogP contribution in [0.25, 0.3) is 0 Å². The zero-order chi connectivity index (χ0) is 13.0. The molecular weight excluding hydrogens is 231 g/mol. The van der Waals surface area contributed by atoms with Crippen LogP contribution in [0.4, 0.5) is 15.8 Å². The quantitative estimate of drug-likeness (QED) is 0.871. The highest BCUT2D eigenvalue weighted by molar-refractivity contribution is 5.61. The minimum absolute atomic E-state index is 0.311. The molecule has 0 aliphatic carbocycles. The Kier molecular flexibility index (Phi) is 3.79. The molecule has 0 atom stereocenters. The van der Waals surface area contributed by atoms with E-state index in [0.29, 0.717) is 12.2 Å². The molecule has 4 heteroatoms. The number of halogens is 1. The van der Waals surface area contributed by atoms with Gasteiger partial charge in [-0.1, -0.05) is 6.07 Å². The molecule has 0 saturated heterocycles. The highest BCUT2D eigenvalue weighted by atomic mass is 19.1. The molecule has 0 radical (unpaired) electrons. The molecule has 2 rings (SSSR count). The van der Waals surface area contributed by atoms with E-state index in [-0.39, 0.29) is 5.82 Å². The van der Waals surface area contributed by atoms with Crippen molar-refractivity contribution in [2.24, 2.45) is 5.73 Å². The summed E-state index contributed by atoms with van der Waals surface area (Å²) < 4.78 is 18.8. The van der Waals surface area contributed by atoms with Crippen molar-refractivity contribution in [2.45, 2.75) is 6.54 Å². The minimum atomic E-state index is -0.311. The van der Waals surface area contributed by atoms with Gasteiger partial charge in [0, 0.05) is 12.2 Å². The number of hydrogen-bond acceptors (Lipinski definition) is 3. The fraction of sp³-hybridized carbons (Fsp3) is 0.143. The van der Waals surface area contributed by atoms with Crippen LogP contribution < -0.4 is 15.8 Å². The summed E-state index contributed by atoms with van der Waals surface area (Å²) in [4.78, 5) is 0. The lowest BCUT2D eigenvalue weighted by molar-refractivity contribution is 0.415. The smallest absolute Gasteiger partial charge is 0.146 e. The molecule has 3 nitrogen and oxygen atoms in total. The van der Waals surface area contributed by atoms with E-state index in [1.54, 1.807) is 19.2 Å². The van der Waals surface area contributed by atoms with Crippen molar-refractivity contribution in [3.63, 3.8) is 0 Å². The largest absolute Gasteiger partial charge is 0.497 e. The van der Waals surface area contributed by atoms with Crippen LogP contribution in [0.15, 0.2) is 42.5 Å². The number of anilines is 2. The van der Waals surface area contributed by atoms with Gasteiger partial charge >= 0.3 is 0 Å². The summed E-state index contributed by atoms with van der Waals surface area (Å²) >= 11 is 0. The van der Waals surface area contributed by atoms with Crippen molar-refractivity contribution < 1.29 is 9.13 Å². The number of benzene rings is 2. The van der Waals surface area contributed by atoms with E-state index in [2.05, 4.69) is 5.32 Å². The molecule has 94 valence electrons. The van der Waals surface area contributed by atoms with Crippen LogP contribution in [-0.2, 0) is 6.54 Å². The SMILES string of the molecule is COc1ccc(Nc2ccc(CN)cc2F)cc1. The number of nitrogens with one attached hydrogen (secondary N) is 1. The molecule has 2 aromatic rings. The number of rotatable bonds is 4. The van der Waals surface area contributed by atoms with E-state index < -0.39 is 0 Å². The van der Waals surface area contributed by atoms with E-state index in [0.717, 1.165) is 17.0 Å². The summed E-state index contributed by atoms with van der Waals surface area (Å²) in [5.74, 6) is 0.452. The van der Waals surface area contributed by atoms with Crippen molar-refractivity contribution in [1.82, 2.24) is 0 Å². The standard InChI is InChI=1S/C14H15FN2O/c1-18-12-5-3-11(4-6-12)17-14-7-2-10(9-16)8-13(14)15/h2-8,17H,9,16H2,1H3. The van der Waals surface area contributed by atoms with E-state index in [1.165, 1.54) is 6.07 Å². The fourth-order valence-electron chi connectivity index (χ4n) is 1.62. The van der Waals surface area contributed by atoms with Crippen LogP contribution in [0.2, 0.25) is 0 Å². The van der Waals surface area contributed by atoms with Crippen molar-refractivity contribution >= 4 is 11.4 Å². The summed E-state index contributed by atoms with van der Waals surface area (Å²) in [6.45, 7) is 0.333. The molecule has 3 N–H and O–H groups in total. The normalized spacial score (nSPS) is 10.2. The maximum absolute atomic E-state index is 13.7. The fourth-order valence-corrected chi connectivity index (χ4v) is 1.62. The first-order chi connectivity index (χ1) is 8.72. The maximum Gasteiger partial charge on any atom is 0.146 e. The lowest BCUT2D eigenvalue weighted by Gasteiger charge is -2.09. The predicted molar refractivity (Wildman–Crippen MR) is 70.6 cm³/mol. The Morgan fingerprint density at radius 1 is 1.17 bits per heavy atom. The second-order valence-corrected chi connectivity index (χ2v) is 3.87. The molecule has 0 fully saturated rings. The number of nitrogens with two attached hydrogens (primary N) is 1. The van der Waals surface area contributed by atoms with Gasteiger partial charge in [-0.3, -0.25) is 0 Å². The van der Waals surface area contributed by atoms with Gasteiger partial charge in [0.1, 0.15) is 11.6 Å². The molecule has 0 spiro atoms. The summed E-state index contributed by atoms with van der Waals surface area (Å²) in [7, 11) is 1.60. The zero-order valence-electron chi connectivity index (χ0n) is 10.1. The van der Waals surface area contributed by atoms with Gasteiger partial charge in [-0.15, -0.1) is 0 Å². The molecule has 0 amide bonds. The Hall–Kier alpha value is -2.07. The molecule has 0 aromatic heterocycles. The van der Waals surface area contributed by atoms with Crippen LogP contribution >= 0.6 is 0 Å². The van der Waals surface area contributed by atoms with Gasteiger partial charge < -0.3 is 15.8 Å². The Labute approximate surface area is 105 Å². The average Bonchev–Trinajstić information content (AvgIpc) is 2.42. The third-order valence-electron chi connectivity index (χ3n) is 2.64.